The summed E-state index contributed by atoms with van der Waals surface area (Å²) in [5.74, 6) is -6.55. The Morgan fingerprint density at radius 3 is 2.18 bits per heavy atom. The topological polar surface area (TPSA) is 99.4 Å². The van der Waals surface area contributed by atoms with Gasteiger partial charge in [-0.25, -0.2) is 0 Å². The van der Waals surface area contributed by atoms with Crippen molar-refractivity contribution >= 4 is 15.9 Å². The molecule has 17 heavy (non-hydrogen) atoms. The molecule has 1 aliphatic rings. The molecule has 0 aromatic carbocycles. The highest BCUT2D eigenvalue weighted by Crippen LogP contribution is 2.33. The summed E-state index contributed by atoms with van der Waals surface area (Å²) in [6.45, 7) is 6.69. The smallest absolute Gasteiger partial charge is 0.422 e. The number of hydrogen-bond donors (Lipinski definition) is 4. The highest BCUT2D eigenvalue weighted by molar-refractivity contribution is 9.11. The molecule has 7 heteroatoms. The predicted octanol–water partition coefficient (Wildman–Crippen LogP) is 0.396. The number of allylic oxidation sites excluding steroid dienone is 4. The van der Waals surface area contributed by atoms with Gasteiger partial charge in [0.15, 0.2) is 5.76 Å². The summed E-state index contributed by atoms with van der Waals surface area (Å²) in [5, 5.41) is 36.8. The minimum Gasteiger partial charge on any atom is -0.433 e. The predicted molar refractivity (Wildman–Crippen MR) is 61.0 cm³/mol. The third-order valence-electron chi connectivity index (χ3n) is 2.09. The van der Waals surface area contributed by atoms with Gasteiger partial charge >= 0.3 is 11.9 Å². The van der Waals surface area contributed by atoms with Crippen LogP contribution in [0.5, 0.6) is 0 Å². The normalized spacial score (nSPS) is 22.9. The number of aliphatic hydroxyl groups is 4. The Hall–Kier alpha value is -0.860. The first kappa shape index (κ1) is 14.2. The first-order valence-corrected chi connectivity index (χ1v) is 5.37. The average molecular weight is 309 g/mol. The van der Waals surface area contributed by atoms with Crippen LogP contribution in [0, 0.1) is 0 Å². The molecule has 0 aromatic rings. The Morgan fingerprint density at radius 1 is 1.24 bits per heavy atom. The SMILES string of the molecule is C=C(Br)/C(C)=C\C1=C(C)OC(O)(O)C(O)(O)O1. The molecule has 0 aromatic heterocycles. The Balaban J connectivity index is 3.11. The summed E-state index contributed by atoms with van der Waals surface area (Å²) < 4.78 is 9.77. The molecule has 1 heterocycles. The Labute approximate surface area is 106 Å². The van der Waals surface area contributed by atoms with Gasteiger partial charge in [0.05, 0.1) is 0 Å². The maximum atomic E-state index is 9.25. The van der Waals surface area contributed by atoms with Gasteiger partial charge in [-0.1, -0.05) is 22.5 Å². The van der Waals surface area contributed by atoms with Crippen LogP contribution < -0.4 is 0 Å². The molecule has 6 nitrogen and oxygen atoms in total. The molecule has 0 saturated carbocycles. The van der Waals surface area contributed by atoms with Crippen LogP contribution in [0.4, 0.5) is 0 Å². The van der Waals surface area contributed by atoms with Gasteiger partial charge < -0.3 is 29.9 Å². The largest absolute Gasteiger partial charge is 0.433 e. The monoisotopic (exact) mass is 308 g/mol. The van der Waals surface area contributed by atoms with Crippen molar-refractivity contribution in [1.29, 1.82) is 0 Å². The molecule has 0 aliphatic carbocycles. The molecule has 4 N–H and O–H groups in total. The zero-order valence-electron chi connectivity index (χ0n) is 9.27. The molecule has 1 aliphatic heterocycles. The van der Waals surface area contributed by atoms with E-state index < -0.39 is 11.9 Å². The van der Waals surface area contributed by atoms with Gasteiger partial charge in [0.25, 0.3) is 0 Å². The molecular weight excluding hydrogens is 296 g/mol. The van der Waals surface area contributed by atoms with Crippen LogP contribution in [0.15, 0.2) is 34.2 Å². The van der Waals surface area contributed by atoms with Crippen molar-refractivity contribution in [3.63, 3.8) is 0 Å². The van der Waals surface area contributed by atoms with E-state index in [1.54, 1.807) is 6.92 Å². The second-order valence-corrected chi connectivity index (χ2v) is 4.53. The van der Waals surface area contributed by atoms with Crippen LogP contribution in [0.3, 0.4) is 0 Å². The maximum absolute atomic E-state index is 9.25. The Kier molecular flexibility index (Phi) is 3.70. The van der Waals surface area contributed by atoms with Crippen molar-refractivity contribution in [3.05, 3.63) is 34.2 Å². The van der Waals surface area contributed by atoms with Crippen molar-refractivity contribution in [3.8, 4) is 0 Å². The lowest BCUT2D eigenvalue weighted by molar-refractivity contribution is -0.527. The fourth-order valence-corrected chi connectivity index (χ4v) is 1.14. The lowest BCUT2D eigenvalue weighted by Gasteiger charge is -2.38. The number of ether oxygens (including phenoxy) is 2. The van der Waals surface area contributed by atoms with Crippen LogP contribution in [-0.2, 0) is 9.47 Å². The summed E-state index contributed by atoms with van der Waals surface area (Å²) in [6.07, 6.45) is 1.41. The van der Waals surface area contributed by atoms with Crippen LogP contribution in [0.1, 0.15) is 13.8 Å². The summed E-state index contributed by atoms with van der Waals surface area (Å²) in [5.41, 5.74) is 0.641. The van der Waals surface area contributed by atoms with Gasteiger partial charge in [-0.3, -0.25) is 0 Å². The summed E-state index contributed by atoms with van der Waals surface area (Å²) in [7, 11) is 0. The van der Waals surface area contributed by atoms with Crippen molar-refractivity contribution < 1.29 is 29.9 Å². The standard InChI is InChI=1S/C10H13BrO6/c1-5(6(2)11)4-8-7(3)16-9(12,13)10(14,15)17-8/h4,12-15H,2H2,1,3H3/b5-4-. The number of rotatable bonds is 2. The zero-order chi connectivity index (χ0) is 13.4. The molecule has 1 rings (SSSR count). The van der Waals surface area contributed by atoms with Crippen molar-refractivity contribution in [1.82, 2.24) is 0 Å². The van der Waals surface area contributed by atoms with E-state index in [2.05, 4.69) is 32.0 Å². The molecule has 0 saturated heterocycles. The molecule has 0 radical (unpaired) electrons. The molecule has 0 bridgehead atoms. The van der Waals surface area contributed by atoms with E-state index in [-0.39, 0.29) is 11.5 Å². The first-order valence-electron chi connectivity index (χ1n) is 4.58. The second kappa shape index (κ2) is 4.43. The molecule has 0 amide bonds. The molecule has 0 unspecified atom stereocenters. The number of halogens is 1. The van der Waals surface area contributed by atoms with Gasteiger partial charge in [0.1, 0.15) is 5.76 Å². The Morgan fingerprint density at radius 2 is 1.71 bits per heavy atom. The highest BCUT2D eigenvalue weighted by atomic mass is 79.9. The van der Waals surface area contributed by atoms with Gasteiger partial charge in [-0.05, 0) is 25.5 Å². The molecular formula is C10H13BrO6. The minimum atomic E-state index is -3.26. The van der Waals surface area contributed by atoms with Crippen molar-refractivity contribution in [2.75, 3.05) is 0 Å². The van der Waals surface area contributed by atoms with Gasteiger partial charge in [0.2, 0.25) is 0 Å². The number of hydrogen-bond acceptors (Lipinski definition) is 6. The molecule has 0 spiro atoms. The average Bonchev–Trinajstić information content (AvgIpc) is 2.13. The summed E-state index contributed by atoms with van der Waals surface area (Å²) in [6, 6.07) is 0. The summed E-state index contributed by atoms with van der Waals surface area (Å²) >= 11 is 3.13. The fourth-order valence-electron chi connectivity index (χ4n) is 1.03. The third-order valence-corrected chi connectivity index (χ3v) is 2.72. The van der Waals surface area contributed by atoms with Gasteiger partial charge in [-0.2, -0.15) is 0 Å². The van der Waals surface area contributed by atoms with E-state index in [0.717, 1.165) is 0 Å². The highest BCUT2D eigenvalue weighted by Gasteiger charge is 2.57. The van der Waals surface area contributed by atoms with E-state index in [4.69, 9.17) is 10.2 Å². The fraction of sp³-hybridized carbons (Fsp3) is 0.400. The van der Waals surface area contributed by atoms with Gasteiger partial charge in [0, 0.05) is 4.48 Å². The van der Waals surface area contributed by atoms with Crippen LogP contribution in [0.2, 0.25) is 0 Å². The summed E-state index contributed by atoms with van der Waals surface area (Å²) in [4.78, 5) is 0. The van der Waals surface area contributed by atoms with Gasteiger partial charge in [-0.15, -0.1) is 0 Å². The third kappa shape index (κ3) is 2.88. The lowest BCUT2D eigenvalue weighted by atomic mass is 10.2. The van der Waals surface area contributed by atoms with Crippen LogP contribution in [0.25, 0.3) is 0 Å². The van der Waals surface area contributed by atoms with E-state index in [0.29, 0.717) is 10.1 Å². The van der Waals surface area contributed by atoms with Crippen molar-refractivity contribution in [2.24, 2.45) is 0 Å². The molecule has 96 valence electrons. The van der Waals surface area contributed by atoms with Crippen LogP contribution >= 0.6 is 15.9 Å². The maximum Gasteiger partial charge on any atom is 0.422 e. The second-order valence-electron chi connectivity index (χ2n) is 3.57. The molecule has 0 atom stereocenters. The van der Waals surface area contributed by atoms with E-state index in [1.807, 2.05) is 0 Å². The van der Waals surface area contributed by atoms with E-state index in [9.17, 15) is 10.2 Å². The zero-order valence-corrected chi connectivity index (χ0v) is 10.9. The lowest BCUT2D eigenvalue weighted by Crippen LogP contribution is -2.59. The molecule has 0 fully saturated rings. The Bertz CT molecular complexity index is 407. The van der Waals surface area contributed by atoms with Crippen molar-refractivity contribution in [2.45, 2.75) is 25.8 Å². The quantitative estimate of drug-likeness (QED) is 0.435. The van der Waals surface area contributed by atoms with Crippen LogP contribution in [-0.4, -0.2) is 32.4 Å². The van der Waals surface area contributed by atoms with E-state index >= 15 is 0 Å². The van der Waals surface area contributed by atoms with E-state index in [1.165, 1.54) is 13.0 Å². The first-order chi connectivity index (χ1) is 7.57. The minimum absolute atomic E-state index is 0.0122.